The highest BCUT2D eigenvalue weighted by molar-refractivity contribution is 9.10. The van der Waals surface area contributed by atoms with Gasteiger partial charge in [-0.1, -0.05) is 15.9 Å². The van der Waals surface area contributed by atoms with Crippen molar-refractivity contribution in [1.29, 1.82) is 0 Å². The molecule has 104 valence electrons. The van der Waals surface area contributed by atoms with Gasteiger partial charge in [-0.05, 0) is 25.1 Å². The largest absolute Gasteiger partial charge is 0.391 e. The van der Waals surface area contributed by atoms with Crippen LogP contribution in [-0.4, -0.2) is 48.7 Å². The smallest absolute Gasteiger partial charge is 0.140 e. The van der Waals surface area contributed by atoms with Crippen LogP contribution < -0.4 is 0 Å². The Hall–Kier alpha value is -0.990. The molecule has 0 aliphatic carbocycles. The average Bonchev–Trinajstić information content (AvgIpc) is 2.78. The summed E-state index contributed by atoms with van der Waals surface area (Å²) >= 11 is 3.31. The predicted octanol–water partition coefficient (Wildman–Crippen LogP) is 0.461. The minimum absolute atomic E-state index is 0.139. The van der Waals surface area contributed by atoms with Crippen LogP contribution >= 0.6 is 15.9 Å². The number of hydrogen-bond acceptors (Lipinski definition) is 5. The molecule has 0 aliphatic heterocycles. The van der Waals surface area contributed by atoms with Gasteiger partial charge in [0.2, 0.25) is 0 Å². The van der Waals surface area contributed by atoms with Crippen LogP contribution in [0.5, 0.6) is 0 Å². The number of hydrogen-bond donors (Lipinski definition) is 5. The number of nitrogens with one attached hydrogen (secondary N) is 1. The second-order valence-electron chi connectivity index (χ2n) is 4.45. The molecule has 6 nitrogen and oxygen atoms in total. The topological polar surface area (TPSA) is 110 Å². The number of aliphatic hydroxyl groups is 4. The van der Waals surface area contributed by atoms with Crippen molar-refractivity contribution >= 4 is 27.0 Å². The Balaban J connectivity index is 2.28. The third-order valence-corrected chi connectivity index (χ3v) is 3.40. The van der Waals surface area contributed by atoms with Gasteiger partial charge < -0.3 is 25.4 Å². The van der Waals surface area contributed by atoms with Gasteiger partial charge in [-0.15, -0.1) is 0 Å². The van der Waals surface area contributed by atoms with E-state index in [1.807, 2.05) is 6.07 Å². The number of fused-ring (bicyclic) bond motifs is 1. The highest BCUT2D eigenvalue weighted by atomic mass is 79.9. The van der Waals surface area contributed by atoms with E-state index in [4.69, 9.17) is 0 Å². The number of H-pyrrole nitrogens is 1. The summed E-state index contributed by atoms with van der Waals surface area (Å²) in [6, 6.07) is 5.36. The first-order valence-corrected chi connectivity index (χ1v) is 6.57. The van der Waals surface area contributed by atoms with Gasteiger partial charge in [0.05, 0.1) is 17.1 Å². The Morgan fingerprint density at radius 2 is 1.84 bits per heavy atom. The lowest BCUT2D eigenvalue weighted by Crippen LogP contribution is -2.39. The molecule has 19 heavy (non-hydrogen) atoms. The molecule has 0 bridgehead atoms. The van der Waals surface area contributed by atoms with Crippen LogP contribution in [0.4, 0.5) is 0 Å². The number of aromatic amines is 1. The standard InChI is InChI=1S/C12H15BrN2O4/c1-5(16)9(17)10(18)11(19)12-14-7-3-2-6(13)4-8(7)15-12/h2-5,9-11,16-19H,1H3,(H,14,15)/t5?,9-,10-,11?/m0/s1. The van der Waals surface area contributed by atoms with Crippen molar-refractivity contribution in [2.75, 3.05) is 0 Å². The van der Waals surface area contributed by atoms with E-state index >= 15 is 0 Å². The van der Waals surface area contributed by atoms with E-state index in [9.17, 15) is 20.4 Å². The maximum Gasteiger partial charge on any atom is 0.140 e. The van der Waals surface area contributed by atoms with E-state index in [-0.39, 0.29) is 5.82 Å². The number of imidazole rings is 1. The second-order valence-corrected chi connectivity index (χ2v) is 5.37. The maximum absolute atomic E-state index is 9.95. The summed E-state index contributed by atoms with van der Waals surface area (Å²) in [4.78, 5) is 7.01. The van der Waals surface area contributed by atoms with Crippen LogP contribution in [-0.2, 0) is 0 Å². The summed E-state index contributed by atoms with van der Waals surface area (Å²) in [7, 11) is 0. The zero-order chi connectivity index (χ0) is 14.2. The SMILES string of the molecule is CC(O)[C@H](O)[C@H](O)C(O)c1nc2cc(Br)ccc2[nH]1. The number of aromatic nitrogens is 2. The summed E-state index contributed by atoms with van der Waals surface area (Å²) in [5, 5.41) is 38.5. The molecule has 1 aromatic carbocycles. The van der Waals surface area contributed by atoms with Crippen molar-refractivity contribution in [2.24, 2.45) is 0 Å². The van der Waals surface area contributed by atoms with Crippen molar-refractivity contribution in [3.8, 4) is 0 Å². The summed E-state index contributed by atoms with van der Waals surface area (Å²) in [6.07, 6.45) is -5.53. The first kappa shape index (κ1) is 14.4. The van der Waals surface area contributed by atoms with Gasteiger partial charge in [-0.3, -0.25) is 0 Å². The van der Waals surface area contributed by atoms with Crippen LogP contribution in [0.3, 0.4) is 0 Å². The fourth-order valence-electron chi connectivity index (χ4n) is 1.77. The first-order chi connectivity index (χ1) is 8.90. The molecule has 0 saturated carbocycles. The van der Waals surface area contributed by atoms with E-state index in [1.165, 1.54) is 6.92 Å². The molecule has 2 unspecified atom stereocenters. The molecule has 0 saturated heterocycles. The number of nitrogens with zero attached hydrogens (tertiary/aromatic N) is 1. The summed E-state index contributed by atoms with van der Waals surface area (Å²) < 4.78 is 0.845. The van der Waals surface area contributed by atoms with Gasteiger partial charge in [-0.25, -0.2) is 4.98 Å². The van der Waals surface area contributed by atoms with Crippen LogP contribution in [0.2, 0.25) is 0 Å². The van der Waals surface area contributed by atoms with E-state index in [0.717, 1.165) is 4.47 Å². The molecular weight excluding hydrogens is 316 g/mol. The molecule has 0 aliphatic rings. The van der Waals surface area contributed by atoms with E-state index in [0.29, 0.717) is 11.0 Å². The minimum Gasteiger partial charge on any atom is -0.391 e. The molecule has 7 heteroatoms. The highest BCUT2D eigenvalue weighted by Crippen LogP contribution is 2.23. The third kappa shape index (κ3) is 2.96. The van der Waals surface area contributed by atoms with Crippen LogP contribution in [0.15, 0.2) is 22.7 Å². The fraction of sp³-hybridized carbons (Fsp3) is 0.417. The Labute approximate surface area is 117 Å². The van der Waals surface area contributed by atoms with Crippen LogP contribution in [0, 0.1) is 0 Å². The van der Waals surface area contributed by atoms with Gasteiger partial charge in [-0.2, -0.15) is 0 Å². The Morgan fingerprint density at radius 3 is 2.47 bits per heavy atom. The van der Waals surface area contributed by atoms with Gasteiger partial charge in [0.1, 0.15) is 24.1 Å². The molecule has 2 aromatic rings. The summed E-state index contributed by atoms with van der Waals surface area (Å²) in [5.41, 5.74) is 1.33. The fourth-order valence-corrected chi connectivity index (χ4v) is 2.12. The highest BCUT2D eigenvalue weighted by Gasteiger charge is 2.30. The van der Waals surface area contributed by atoms with Crippen molar-refractivity contribution in [3.05, 3.63) is 28.5 Å². The molecule has 1 aromatic heterocycles. The predicted molar refractivity (Wildman–Crippen MR) is 72.4 cm³/mol. The second kappa shape index (κ2) is 5.56. The van der Waals surface area contributed by atoms with E-state index in [2.05, 4.69) is 25.9 Å². The van der Waals surface area contributed by atoms with Crippen LogP contribution in [0.1, 0.15) is 18.9 Å². The van der Waals surface area contributed by atoms with Crippen molar-refractivity contribution in [3.63, 3.8) is 0 Å². The molecular formula is C12H15BrN2O4. The monoisotopic (exact) mass is 330 g/mol. The van der Waals surface area contributed by atoms with Gasteiger partial charge in [0, 0.05) is 4.47 Å². The molecule has 2 rings (SSSR count). The number of benzene rings is 1. The molecule has 0 fully saturated rings. The van der Waals surface area contributed by atoms with Gasteiger partial charge in [0.15, 0.2) is 0 Å². The van der Waals surface area contributed by atoms with Crippen LogP contribution in [0.25, 0.3) is 11.0 Å². The number of aliphatic hydroxyl groups excluding tert-OH is 4. The molecule has 0 spiro atoms. The summed E-state index contributed by atoms with van der Waals surface area (Å²) in [5.74, 6) is 0.139. The average molecular weight is 331 g/mol. The minimum atomic E-state index is -1.52. The lowest BCUT2D eigenvalue weighted by molar-refractivity contribution is -0.103. The maximum atomic E-state index is 9.95. The lowest BCUT2D eigenvalue weighted by Gasteiger charge is -2.23. The molecule has 0 radical (unpaired) electrons. The van der Waals surface area contributed by atoms with Gasteiger partial charge >= 0.3 is 0 Å². The molecule has 0 amide bonds. The van der Waals surface area contributed by atoms with E-state index < -0.39 is 24.4 Å². The van der Waals surface area contributed by atoms with Crippen molar-refractivity contribution < 1.29 is 20.4 Å². The number of rotatable bonds is 4. The van der Waals surface area contributed by atoms with Gasteiger partial charge in [0.25, 0.3) is 0 Å². The first-order valence-electron chi connectivity index (χ1n) is 5.77. The Bertz CT molecular complexity index is 572. The zero-order valence-corrected chi connectivity index (χ0v) is 11.7. The molecule has 1 heterocycles. The van der Waals surface area contributed by atoms with Crippen molar-refractivity contribution in [2.45, 2.75) is 31.3 Å². The Morgan fingerprint density at radius 1 is 1.16 bits per heavy atom. The Kier molecular flexibility index (Phi) is 4.22. The lowest BCUT2D eigenvalue weighted by atomic mass is 10.0. The third-order valence-electron chi connectivity index (χ3n) is 2.91. The quantitative estimate of drug-likeness (QED) is 0.559. The molecule has 4 atom stereocenters. The molecule has 5 N–H and O–H groups in total. The normalized spacial score (nSPS) is 18.2. The van der Waals surface area contributed by atoms with E-state index in [1.54, 1.807) is 12.1 Å². The summed E-state index contributed by atoms with van der Waals surface area (Å²) in [6.45, 7) is 1.33. The zero-order valence-electron chi connectivity index (χ0n) is 10.2. The van der Waals surface area contributed by atoms with Crippen molar-refractivity contribution in [1.82, 2.24) is 9.97 Å². The number of halogens is 1.